The van der Waals surface area contributed by atoms with Gasteiger partial charge in [0.15, 0.2) is 12.2 Å². The number of hydrogen-bond donors (Lipinski definition) is 3. The number of unbranched alkanes of at least 4 members (excludes halogenated alkanes) is 66. The van der Waals surface area contributed by atoms with Crippen molar-refractivity contribution < 1.29 is 80.2 Å². The van der Waals surface area contributed by atoms with E-state index in [1.165, 1.54) is 334 Å². The van der Waals surface area contributed by atoms with Gasteiger partial charge in [0.25, 0.3) is 0 Å². The van der Waals surface area contributed by atoms with Crippen molar-refractivity contribution >= 4 is 39.5 Å². The van der Waals surface area contributed by atoms with Crippen LogP contribution in [-0.2, 0) is 65.4 Å². The lowest BCUT2D eigenvalue weighted by molar-refractivity contribution is -0.161. The Morgan fingerprint density at radius 1 is 0.218 bits per heavy atom. The van der Waals surface area contributed by atoms with Crippen molar-refractivity contribution in [3.05, 3.63) is 0 Å². The zero-order valence-corrected chi connectivity index (χ0v) is 74.0. The number of carbonyl (C=O) groups is 4. The first-order valence-corrected chi connectivity index (χ1v) is 50.3. The van der Waals surface area contributed by atoms with Crippen LogP contribution in [0.4, 0.5) is 0 Å². The predicted molar refractivity (Wildman–Crippen MR) is 455 cm³/mol. The Balaban J connectivity index is 5.22. The lowest BCUT2D eigenvalue weighted by Gasteiger charge is -2.21. The molecule has 0 spiro atoms. The van der Waals surface area contributed by atoms with Gasteiger partial charge in [-0.2, -0.15) is 0 Å². The van der Waals surface area contributed by atoms with E-state index in [0.29, 0.717) is 25.7 Å². The second-order valence-electron chi connectivity index (χ2n) is 32.7. The molecular formula is C91H178O17P2. The van der Waals surface area contributed by atoms with Crippen LogP contribution >= 0.6 is 15.6 Å². The minimum absolute atomic E-state index is 0.109. The Morgan fingerprint density at radius 2 is 0.364 bits per heavy atom. The maximum absolute atomic E-state index is 13.2. The van der Waals surface area contributed by atoms with E-state index in [1.54, 1.807) is 0 Å². The molecule has 2 unspecified atom stereocenters. The standard InChI is InChI=1S/C91H178O17P2/c1-5-9-13-17-21-25-29-32-35-38-40-42-44-46-48-51-54-58-62-66-70-74-78-91(96)108-87(82-102-89(94)76-72-68-64-60-56-52-50-47-45-43-41-39-36-33-30-26-22-18-14-10-6-2)84-106-110(99,100)104-80-85(92)79-103-109(97,98)105-83-86(81-101-88(93)75-71-67-63-59-55-28-24-20-16-12-8-4)107-90(95)77-73-69-65-61-57-53-49-37-34-31-27-23-19-15-11-7-3/h85-87,92H,5-84H2,1-4H3,(H,97,98)(H,99,100)/t85-,86+,87+/m0/s1. The Hall–Kier alpha value is -1.94. The molecule has 0 aliphatic carbocycles. The van der Waals surface area contributed by atoms with Crippen LogP contribution in [-0.4, -0.2) is 96.7 Å². The van der Waals surface area contributed by atoms with Crippen LogP contribution in [0.25, 0.3) is 0 Å². The van der Waals surface area contributed by atoms with Gasteiger partial charge >= 0.3 is 39.5 Å². The molecule has 0 fully saturated rings. The Morgan fingerprint density at radius 3 is 0.536 bits per heavy atom. The Labute approximate surface area is 677 Å². The van der Waals surface area contributed by atoms with Crippen LogP contribution in [0, 0.1) is 0 Å². The third-order valence-corrected chi connectivity index (χ3v) is 23.5. The van der Waals surface area contributed by atoms with Crippen molar-refractivity contribution in [2.24, 2.45) is 0 Å². The third kappa shape index (κ3) is 84.0. The van der Waals surface area contributed by atoms with E-state index in [9.17, 15) is 43.2 Å². The van der Waals surface area contributed by atoms with Crippen molar-refractivity contribution in [2.75, 3.05) is 39.6 Å². The first kappa shape index (κ1) is 108. The summed E-state index contributed by atoms with van der Waals surface area (Å²) in [4.78, 5) is 73.4. The second kappa shape index (κ2) is 85.0. The van der Waals surface area contributed by atoms with Crippen LogP contribution in [0.1, 0.15) is 503 Å². The second-order valence-corrected chi connectivity index (χ2v) is 35.6. The number of aliphatic hydroxyl groups is 1. The van der Waals surface area contributed by atoms with Crippen LogP contribution in [0.3, 0.4) is 0 Å². The Kier molecular flexibility index (Phi) is 83.5. The van der Waals surface area contributed by atoms with E-state index in [1.807, 2.05) is 0 Å². The molecule has 19 heteroatoms. The molecule has 0 aromatic heterocycles. The summed E-state index contributed by atoms with van der Waals surface area (Å²) in [5, 5.41) is 10.7. The number of carbonyl (C=O) groups excluding carboxylic acids is 4. The zero-order valence-electron chi connectivity index (χ0n) is 72.3. The van der Waals surface area contributed by atoms with Crippen molar-refractivity contribution in [2.45, 2.75) is 521 Å². The fourth-order valence-electron chi connectivity index (χ4n) is 14.4. The summed E-state index contributed by atoms with van der Waals surface area (Å²) in [6.07, 6.45) is 82.1. The fraction of sp³-hybridized carbons (Fsp3) is 0.956. The van der Waals surface area contributed by atoms with E-state index in [0.717, 1.165) is 89.9 Å². The van der Waals surface area contributed by atoms with Crippen LogP contribution < -0.4 is 0 Å². The summed E-state index contributed by atoms with van der Waals surface area (Å²) in [5.41, 5.74) is 0. The van der Waals surface area contributed by atoms with E-state index in [4.69, 9.17) is 37.0 Å². The number of phosphoric acid groups is 2. The molecule has 0 aliphatic rings. The van der Waals surface area contributed by atoms with Gasteiger partial charge in [-0.05, 0) is 25.7 Å². The fourth-order valence-corrected chi connectivity index (χ4v) is 16.0. The quantitative estimate of drug-likeness (QED) is 0.0222. The molecule has 0 saturated carbocycles. The maximum atomic E-state index is 13.2. The predicted octanol–water partition coefficient (Wildman–Crippen LogP) is 28.5. The van der Waals surface area contributed by atoms with Gasteiger partial charge < -0.3 is 33.8 Å². The first-order valence-electron chi connectivity index (χ1n) is 47.3. The minimum atomic E-state index is -4.97. The molecule has 0 aliphatic heterocycles. The van der Waals surface area contributed by atoms with Gasteiger partial charge in [0.2, 0.25) is 0 Å². The largest absolute Gasteiger partial charge is 0.472 e. The summed E-state index contributed by atoms with van der Waals surface area (Å²) < 4.78 is 69.0. The van der Waals surface area contributed by atoms with Gasteiger partial charge in [-0.1, -0.05) is 451 Å². The Bertz CT molecular complexity index is 2070. The summed E-state index contributed by atoms with van der Waals surface area (Å²) in [7, 11) is -9.93. The molecule has 0 aromatic rings. The maximum Gasteiger partial charge on any atom is 0.472 e. The van der Waals surface area contributed by atoms with Crippen LogP contribution in [0.2, 0.25) is 0 Å². The van der Waals surface area contributed by atoms with Gasteiger partial charge in [-0.25, -0.2) is 9.13 Å². The molecule has 0 amide bonds. The summed E-state index contributed by atoms with van der Waals surface area (Å²) in [5.74, 6) is -2.09. The summed E-state index contributed by atoms with van der Waals surface area (Å²) in [6, 6.07) is 0. The normalized spacial score (nSPS) is 13.6. The molecule has 0 bridgehead atoms. The highest BCUT2D eigenvalue weighted by molar-refractivity contribution is 7.47. The van der Waals surface area contributed by atoms with Gasteiger partial charge in [-0.3, -0.25) is 37.3 Å². The zero-order chi connectivity index (χ0) is 80.3. The monoisotopic (exact) mass is 1610 g/mol. The highest BCUT2D eigenvalue weighted by atomic mass is 31.2. The molecule has 0 radical (unpaired) electrons. The van der Waals surface area contributed by atoms with Gasteiger partial charge in [0, 0.05) is 25.7 Å². The summed E-state index contributed by atoms with van der Waals surface area (Å²) in [6.45, 7) is 5.08. The van der Waals surface area contributed by atoms with E-state index in [-0.39, 0.29) is 25.7 Å². The van der Waals surface area contributed by atoms with Crippen molar-refractivity contribution in [3.63, 3.8) is 0 Å². The highest BCUT2D eigenvalue weighted by Crippen LogP contribution is 2.45. The molecule has 3 N–H and O–H groups in total. The van der Waals surface area contributed by atoms with E-state index >= 15 is 0 Å². The van der Waals surface area contributed by atoms with Gasteiger partial charge in [-0.15, -0.1) is 0 Å². The van der Waals surface area contributed by atoms with Crippen LogP contribution in [0.15, 0.2) is 0 Å². The lowest BCUT2D eigenvalue weighted by Crippen LogP contribution is -2.30. The first-order chi connectivity index (χ1) is 53.7. The van der Waals surface area contributed by atoms with Crippen molar-refractivity contribution in [1.29, 1.82) is 0 Å². The molecule has 0 aromatic carbocycles. The number of ether oxygens (including phenoxy) is 4. The van der Waals surface area contributed by atoms with Gasteiger partial charge in [0.1, 0.15) is 19.3 Å². The average Bonchev–Trinajstić information content (AvgIpc) is 0.899. The highest BCUT2D eigenvalue weighted by Gasteiger charge is 2.31. The number of esters is 4. The minimum Gasteiger partial charge on any atom is -0.462 e. The van der Waals surface area contributed by atoms with Crippen LogP contribution in [0.5, 0.6) is 0 Å². The molecule has 0 saturated heterocycles. The third-order valence-electron chi connectivity index (χ3n) is 21.6. The number of rotatable bonds is 92. The van der Waals surface area contributed by atoms with Crippen molar-refractivity contribution in [3.8, 4) is 0 Å². The van der Waals surface area contributed by atoms with E-state index in [2.05, 4.69) is 27.7 Å². The van der Waals surface area contributed by atoms with E-state index < -0.39 is 97.5 Å². The molecule has 5 atom stereocenters. The number of hydrogen-bond acceptors (Lipinski definition) is 15. The lowest BCUT2D eigenvalue weighted by atomic mass is 10.0. The van der Waals surface area contributed by atoms with Crippen molar-refractivity contribution in [1.82, 2.24) is 0 Å². The molecule has 0 rings (SSSR count). The SMILES string of the molecule is CCCCCCCCCCCCCCCCCCCCCCCCC(=O)O[C@H](COC(=O)CCCCCCCCCCCCCCCCCCCCCCC)COP(=O)(O)OC[C@@H](O)COP(=O)(O)OC[C@@H](COC(=O)CCCCCCCCCCCCC)OC(=O)CCCCCCCCCCCCCCCCCC. The topological polar surface area (TPSA) is 237 Å². The average molecular weight is 1610 g/mol. The molecule has 654 valence electrons. The smallest absolute Gasteiger partial charge is 0.462 e. The van der Waals surface area contributed by atoms with Gasteiger partial charge in [0.05, 0.1) is 26.4 Å². The number of phosphoric ester groups is 2. The molecule has 110 heavy (non-hydrogen) atoms. The molecule has 0 heterocycles. The summed E-state index contributed by atoms with van der Waals surface area (Å²) >= 11 is 0. The molecular weight excluding hydrogens is 1430 g/mol. The molecule has 17 nitrogen and oxygen atoms in total. The number of aliphatic hydroxyl groups excluding tert-OH is 1.